The van der Waals surface area contributed by atoms with Gasteiger partial charge in [0.25, 0.3) is 0 Å². The van der Waals surface area contributed by atoms with Crippen LogP contribution in [0.2, 0.25) is 5.02 Å². The largest absolute Gasteiger partial charge is 0.480 e. The van der Waals surface area contributed by atoms with E-state index in [1.807, 2.05) is 48.5 Å². The zero-order valence-corrected chi connectivity index (χ0v) is 24.8. The zero-order chi connectivity index (χ0) is 31.1. The Morgan fingerprint density at radius 3 is 1.98 bits per heavy atom. The molecule has 0 heterocycles. The number of hydrogen-bond donors (Lipinski definition) is 4. The SMILES string of the molecule is CC(C)(C)OC(=O)N[C@@H](Cc1ccc(Cl)cc1)C(=O)N[C@H](CNC(=O)OCC1c2ccccc2-c2ccccc21)C(=O)O. The van der Waals surface area contributed by atoms with E-state index < -0.39 is 48.3 Å². The summed E-state index contributed by atoms with van der Waals surface area (Å²) in [6.45, 7) is 4.63. The highest BCUT2D eigenvalue weighted by Crippen LogP contribution is 2.44. The lowest BCUT2D eigenvalue weighted by atomic mass is 9.98. The molecule has 2 atom stereocenters. The lowest BCUT2D eigenvalue weighted by Gasteiger charge is -2.24. The van der Waals surface area contributed by atoms with Gasteiger partial charge in [-0.15, -0.1) is 0 Å². The Bertz CT molecular complexity index is 1440. The van der Waals surface area contributed by atoms with E-state index in [0.29, 0.717) is 10.6 Å². The van der Waals surface area contributed by atoms with Crippen LogP contribution in [0.5, 0.6) is 0 Å². The Balaban J connectivity index is 1.37. The summed E-state index contributed by atoms with van der Waals surface area (Å²) < 4.78 is 10.7. The first-order valence-corrected chi connectivity index (χ1v) is 14.1. The minimum Gasteiger partial charge on any atom is -0.480 e. The maximum atomic E-state index is 13.2. The minimum atomic E-state index is -1.50. The van der Waals surface area contributed by atoms with Gasteiger partial charge < -0.3 is 30.5 Å². The highest BCUT2D eigenvalue weighted by molar-refractivity contribution is 6.30. The fourth-order valence-electron chi connectivity index (χ4n) is 4.82. The third kappa shape index (κ3) is 8.48. The normalized spacial score (nSPS) is 13.6. The molecule has 0 saturated heterocycles. The van der Waals surface area contributed by atoms with Crippen LogP contribution in [0.25, 0.3) is 11.1 Å². The van der Waals surface area contributed by atoms with Gasteiger partial charge >= 0.3 is 18.2 Å². The van der Waals surface area contributed by atoms with Crippen molar-refractivity contribution in [2.24, 2.45) is 0 Å². The van der Waals surface area contributed by atoms with Crippen LogP contribution in [0.4, 0.5) is 9.59 Å². The van der Waals surface area contributed by atoms with Crippen molar-refractivity contribution in [3.8, 4) is 11.1 Å². The van der Waals surface area contributed by atoms with E-state index in [0.717, 1.165) is 22.3 Å². The number of aliphatic carboxylic acids is 1. The molecule has 11 heteroatoms. The minimum absolute atomic E-state index is 0.0361. The fourth-order valence-corrected chi connectivity index (χ4v) is 4.95. The molecule has 0 aromatic heterocycles. The Morgan fingerprint density at radius 1 is 0.837 bits per heavy atom. The molecule has 226 valence electrons. The van der Waals surface area contributed by atoms with Crippen molar-refractivity contribution < 1.29 is 33.8 Å². The number of carboxylic acid groups (broad SMARTS) is 1. The van der Waals surface area contributed by atoms with Crippen LogP contribution in [0, 0.1) is 0 Å². The number of nitrogens with one attached hydrogen (secondary N) is 3. The predicted molar refractivity (Wildman–Crippen MR) is 161 cm³/mol. The smallest absolute Gasteiger partial charge is 0.408 e. The quantitative estimate of drug-likeness (QED) is 0.257. The maximum Gasteiger partial charge on any atom is 0.408 e. The lowest BCUT2D eigenvalue weighted by Crippen LogP contribution is -2.55. The second-order valence-corrected chi connectivity index (χ2v) is 11.6. The first-order chi connectivity index (χ1) is 20.4. The predicted octanol–water partition coefficient (Wildman–Crippen LogP) is 4.88. The van der Waals surface area contributed by atoms with Crippen molar-refractivity contribution in [3.05, 3.63) is 94.5 Å². The van der Waals surface area contributed by atoms with E-state index in [9.17, 15) is 24.3 Å². The maximum absolute atomic E-state index is 13.2. The van der Waals surface area contributed by atoms with E-state index in [1.165, 1.54) is 0 Å². The summed E-state index contributed by atoms with van der Waals surface area (Å²) in [6, 6.07) is 19.8. The van der Waals surface area contributed by atoms with Gasteiger partial charge in [-0.25, -0.2) is 14.4 Å². The Morgan fingerprint density at radius 2 is 1.42 bits per heavy atom. The van der Waals surface area contributed by atoms with E-state index in [2.05, 4.69) is 16.0 Å². The number of carboxylic acids is 1. The molecular weight excluding hydrogens is 574 g/mol. The second-order valence-electron chi connectivity index (χ2n) is 11.1. The van der Waals surface area contributed by atoms with Crippen LogP contribution in [0.3, 0.4) is 0 Å². The summed E-state index contributed by atoms with van der Waals surface area (Å²) in [5, 5.41) is 17.6. The van der Waals surface area contributed by atoms with Gasteiger partial charge in [0, 0.05) is 17.4 Å². The summed E-state index contributed by atoms with van der Waals surface area (Å²) in [5.74, 6) is -2.32. The number of amides is 3. The number of benzene rings is 3. The molecule has 1 aliphatic carbocycles. The standard InChI is InChI=1S/C32H34ClN3O7/c1-32(2,3)43-31(41)36-26(16-19-12-14-20(33)15-13-19)28(37)35-27(29(38)39)17-34-30(40)42-18-25-23-10-6-4-8-21(23)22-9-5-7-11-24(22)25/h4-15,25-27H,16-18H2,1-3H3,(H,34,40)(H,35,37)(H,36,41)(H,38,39)/t26-,27+/m0/s1. The summed E-state index contributed by atoms with van der Waals surface area (Å²) in [5.41, 5.74) is 4.09. The fraction of sp³-hybridized carbons (Fsp3) is 0.312. The number of hydrogen-bond acceptors (Lipinski definition) is 6. The molecule has 0 aliphatic heterocycles. The monoisotopic (exact) mass is 607 g/mol. The molecule has 3 amide bonds. The molecule has 43 heavy (non-hydrogen) atoms. The third-order valence-corrected chi connectivity index (χ3v) is 7.02. The molecule has 1 aliphatic rings. The van der Waals surface area contributed by atoms with Crippen molar-refractivity contribution >= 4 is 35.7 Å². The average molecular weight is 608 g/mol. The molecule has 3 aromatic carbocycles. The zero-order valence-electron chi connectivity index (χ0n) is 24.1. The Hall–Kier alpha value is -4.57. The van der Waals surface area contributed by atoms with Crippen molar-refractivity contribution in [2.75, 3.05) is 13.2 Å². The second kappa shape index (κ2) is 13.6. The molecule has 4 N–H and O–H groups in total. The van der Waals surface area contributed by atoms with Crippen molar-refractivity contribution in [1.82, 2.24) is 16.0 Å². The van der Waals surface area contributed by atoms with Gasteiger partial charge in [-0.2, -0.15) is 0 Å². The molecule has 0 saturated carbocycles. The lowest BCUT2D eigenvalue weighted by molar-refractivity contribution is -0.141. The van der Waals surface area contributed by atoms with Gasteiger partial charge in [0.1, 0.15) is 24.3 Å². The highest BCUT2D eigenvalue weighted by Gasteiger charge is 2.31. The molecule has 0 spiro atoms. The highest BCUT2D eigenvalue weighted by atomic mass is 35.5. The van der Waals surface area contributed by atoms with Crippen LogP contribution in [0.1, 0.15) is 43.4 Å². The topological polar surface area (TPSA) is 143 Å². The van der Waals surface area contributed by atoms with Crippen LogP contribution < -0.4 is 16.0 Å². The molecule has 0 bridgehead atoms. The first kappa shape index (κ1) is 31.4. The Labute approximate surface area is 254 Å². The van der Waals surface area contributed by atoms with Gasteiger partial charge in [-0.05, 0) is 60.7 Å². The van der Waals surface area contributed by atoms with E-state index >= 15 is 0 Å². The van der Waals surface area contributed by atoms with Crippen molar-refractivity contribution in [3.63, 3.8) is 0 Å². The average Bonchev–Trinajstić information content (AvgIpc) is 3.27. The third-order valence-electron chi connectivity index (χ3n) is 6.77. The van der Waals surface area contributed by atoms with Gasteiger partial charge in [0.2, 0.25) is 5.91 Å². The Kier molecular flexibility index (Phi) is 9.92. The van der Waals surface area contributed by atoms with Crippen LogP contribution in [0.15, 0.2) is 72.8 Å². The number of halogens is 1. The molecule has 4 rings (SSSR count). The van der Waals surface area contributed by atoms with Crippen LogP contribution in [-0.4, -0.2) is 60.0 Å². The van der Waals surface area contributed by atoms with Gasteiger partial charge in [0.15, 0.2) is 0 Å². The number of fused-ring (bicyclic) bond motifs is 3. The van der Waals surface area contributed by atoms with E-state index in [1.54, 1.807) is 45.0 Å². The first-order valence-electron chi connectivity index (χ1n) is 13.8. The number of carbonyl (C=O) groups is 4. The number of ether oxygens (including phenoxy) is 2. The van der Waals surface area contributed by atoms with E-state index in [4.69, 9.17) is 21.1 Å². The molecule has 10 nitrogen and oxygen atoms in total. The molecule has 0 unspecified atom stereocenters. The van der Waals surface area contributed by atoms with Gasteiger partial charge in [-0.1, -0.05) is 72.3 Å². The van der Waals surface area contributed by atoms with Gasteiger partial charge in [0.05, 0.1) is 6.54 Å². The summed E-state index contributed by atoms with van der Waals surface area (Å²) in [7, 11) is 0. The summed E-state index contributed by atoms with van der Waals surface area (Å²) in [4.78, 5) is 50.2. The molecular formula is C32H34ClN3O7. The summed E-state index contributed by atoms with van der Waals surface area (Å²) in [6.07, 6.45) is -1.63. The summed E-state index contributed by atoms with van der Waals surface area (Å²) >= 11 is 5.96. The van der Waals surface area contributed by atoms with Gasteiger partial charge in [-0.3, -0.25) is 4.79 Å². The molecule has 0 fully saturated rings. The molecule has 3 aromatic rings. The van der Waals surface area contributed by atoms with E-state index in [-0.39, 0.29) is 18.9 Å². The number of alkyl carbamates (subject to hydrolysis) is 2. The number of rotatable bonds is 10. The van der Waals surface area contributed by atoms with Crippen molar-refractivity contribution in [2.45, 2.75) is 50.8 Å². The van der Waals surface area contributed by atoms with Crippen molar-refractivity contribution in [1.29, 1.82) is 0 Å². The van der Waals surface area contributed by atoms with Crippen LogP contribution in [-0.2, 0) is 25.5 Å². The molecule has 0 radical (unpaired) electrons. The van der Waals surface area contributed by atoms with Crippen LogP contribution >= 0.6 is 11.6 Å². The number of carbonyl (C=O) groups excluding carboxylic acids is 3.